The van der Waals surface area contributed by atoms with Gasteiger partial charge in [0.1, 0.15) is 11.4 Å². The third kappa shape index (κ3) is 3.24. The molecular weight excluding hydrogens is 446 g/mol. The molecule has 0 saturated heterocycles. The van der Waals surface area contributed by atoms with E-state index in [1.807, 2.05) is 0 Å². The van der Waals surface area contributed by atoms with E-state index in [0.29, 0.717) is 21.5 Å². The first-order valence-electron chi connectivity index (χ1n) is 9.80. The molecule has 0 aliphatic carbocycles. The molecule has 0 atom stereocenters. The maximum absolute atomic E-state index is 13.4. The molecule has 8 nitrogen and oxygen atoms in total. The number of nitro benzene ring substituents is 1. The first-order chi connectivity index (χ1) is 15.9. The molecule has 2 amide bonds. The van der Waals surface area contributed by atoms with Crippen LogP contribution in [0.5, 0.6) is 5.75 Å². The Morgan fingerprint density at radius 1 is 0.909 bits per heavy atom. The van der Waals surface area contributed by atoms with Crippen molar-refractivity contribution in [1.29, 1.82) is 0 Å². The van der Waals surface area contributed by atoms with Gasteiger partial charge in [-0.15, -0.1) is 0 Å². The van der Waals surface area contributed by atoms with Gasteiger partial charge in [0.2, 0.25) is 0 Å². The standard InChI is InChI=1S/C24H14ClN3O5/c25-13-5-3-6-14(11-13)26-22-15-7-4-8-16-21(15)17(12-19(22)28(32)33)24(31)27(23(16)30)18-9-1-2-10-20(18)29/h1-12,26,29H. The molecule has 0 saturated carbocycles. The molecule has 33 heavy (non-hydrogen) atoms. The SMILES string of the molecule is O=C1c2cccc3c(Nc4cccc(Cl)c4)c([N+](=O)[O-])cc(c23)C(=O)N1c1ccccc1O. The Labute approximate surface area is 191 Å². The number of phenolic OH excluding ortho intramolecular Hbond substituents is 1. The second-order valence-corrected chi connectivity index (χ2v) is 7.81. The average Bonchev–Trinajstić information content (AvgIpc) is 2.79. The van der Waals surface area contributed by atoms with Crippen molar-refractivity contribution >= 4 is 56.9 Å². The summed E-state index contributed by atoms with van der Waals surface area (Å²) in [5.74, 6) is -1.66. The van der Waals surface area contributed by atoms with Crippen molar-refractivity contribution in [3.8, 4) is 5.75 Å². The number of nitrogens with zero attached hydrogens (tertiary/aromatic N) is 2. The topological polar surface area (TPSA) is 113 Å². The van der Waals surface area contributed by atoms with E-state index in [0.717, 1.165) is 11.0 Å². The number of nitrogens with one attached hydrogen (secondary N) is 1. The fraction of sp³-hybridized carbons (Fsp3) is 0. The molecular formula is C24H14ClN3O5. The summed E-state index contributed by atoms with van der Waals surface area (Å²) in [5.41, 5.74) is 0.491. The van der Waals surface area contributed by atoms with Crippen molar-refractivity contribution in [3.63, 3.8) is 0 Å². The van der Waals surface area contributed by atoms with Crippen molar-refractivity contribution in [2.45, 2.75) is 0 Å². The maximum atomic E-state index is 13.4. The third-order valence-electron chi connectivity index (χ3n) is 5.42. The minimum absolute atomic E-state index is 0.000986. The molecule has 0 bridgehead atoms. The Morgan fingerprint density at radius 3 is 2.36 bits per heavy atom. The summed E-state index contributed by atoms with van der Waals surface area (Å²) in [4.78, 5) is 38.9. The number of para-hydroxylation sites is 2. The normalized spacial score (nSPS) is 12.8. The predicted molar refractivity (Wildman–Crippen MR) is 125 cm³/mol. The van der Waals surface area contributed by atoms with Crippen molar-refractivity contribution < 1.29 is 19.6 Å². The quantitative estimate of drug-likeness (QED) is 0.231. The zero-order valence-corrected chi connectivity index (χ0v) is 17.5. The van der Waals surface area contributed by atoms with Gasteiger partial charge in [-0.1, -0.05) is 41.9 Å². The molecule has 0 fully saturated rings. The largest absolute Gasteiger partial charge is 0.506 e. The van der Waals surface area contributed by atoms with Gasteiger partial charge in [-0.05, 0) is 36.4 Å². The van der Waals surface area contributed by atoms with Gasteiger partial charge in [0.15, 0.2) is 0 Å². The highest BCUT2D eigenvalue weighted by Crippen LogP contribution is 2.43. The van der Waals surface area contributed by atoms with Crippen LogP contribution in [0.3, 0.4) is 0 Å². The average molecular weight is 460 g/mol. The zero-order chi connectivity index (χ0) is 23.3. The molecule has 9 heteroatoms. The molecule has 5 rings (SSSR count). The highest BCUT2D eigenvalue weighted by Gasteiger charge is 2.38. The number of rotatable bonds is 4. The monoisotopic (exact) mass is 459 g/mol. The number of aromatic hydroxyl groups is 1. The van der Waals surface area contributed by atoms with Gasteiger partial charge in [-0.3, -0.25) is 19.7 Å². The van der Waals surface area contributed by atoms with E-state index >= 15 is 0 Å². The highest BCUT2D eigenvalue weighted by molar-refractivity contribution is 6.37. The van der Waals surface area contributed by atoms with Crippen LogP contribution in [0.15, 0.2) is 72.8 Å². The van der Waals surface area contributed by atoms with Crippen LogP contribution in [0.4, 0.5) is 22.7 Å². The van der Waals surface area contributed by atoms with Gasteiger partial charge in [0.05, 0.1) is 16.2 Å². The molecule has 0 unspecified atom stereocenters. The molecule has 1 aliphatic rings. The van der Waals surface area contributed by atoms with Gasteiger partial charge in [0, 0.05) is 33.1 Å². The van der Waals surface area contributed by atoms with Crippen molar-refractivity contribution in [3.05, 3.63) is 99.1 Å². The molecule has 0 aromatic heterocycles. The van der Waals surface area contributed by atoms with Crippen LogP contribution >= 0.6 is 11.6 Å². The Kier molecular flexibility index (Phi) is 4.72. The molecule has 1 aliphatic heterocycles. The number of benzene rings is 4. The Balaban J connectivity index is 1.77. The molecule has 0 radical (unpaired) electrons. The van der Waals surface area contributed by atoms with E-state index in [2.05, 4.69) is 5.32 Å². The number of carbonyl (C=O) groups is 2. The summed E-state index contributed by atoms with van der Waals surface area (Å²) in [6.45, 7) is 0. The van der Waals surface area contributed by atoms with Crippen LogP contribution in [0.25, 0.3) is 10.8 Å². The lowest BCUT2D eigenvalue weighted by atomic mass is 9.91. The number of nitro groups is 1. The molecule has 4 aromatic carbocycles. The van der Waals surface area contributed by atoms with E-state index in [4.69, 9.17) is 11.6 Å². The Morgan fingerprint density at radius 2 is 1.64 bits per heavy atom. The number of halogens is 1. The first-order valence-corrected chi connectivity index (χ1v) is 10.2. The fourth-order valence-electron chi connectivity index (χ4n) is 4.01. The Bertz CT molecular complexity index is 1500. The van der Waals surface area contributed by atoms with Crippen LogP contribution in [-0.2, 0) is 0 Å². The van der Waals surface area contributed by atoms with Crippen LogP contribution in [0.2, 0.25) is 5.02 Å². The molecule has 2 N–H and O–H groups in total. The summed E-state index contributed by atoms with van der Waals surface area (Å²) in [6.07, 6.45) is 0. The number of imide groups is 1. The zero-order valence-electron chi connectivity index (χ0n) is 16.8. The van der Waals surface area contributed by atoms with Crippen molar-refractivity contribution in [1.82, 2.24) is 0 Å². The van der Waals surface area contributed by atoms with E-state index in [-0.39, 0.29) is 33.9 Å². The van der Waals surface area contributed by atoms with Crippen LogP contribution in [-0.4, -0.2) is 21.8 Å². The molecule has 4 aromatic rings. The van der Waals surface area contributed by atoms with Gasteiger partial charge < -0.3 is 10.4 Å². The van der Waals surface area contributed by atoms with E-state index < -0.39 is 16.7 Å². The lowest BCUT2D eigenvalue weighted by molar-refractivity contribution is -0.383. The predicted octanol–water partition coefficient (Wildman–Crippen LogP) is 5.65. The second kappa shape index (κ2) is 7.61. The van der Waals surface area contributed by atoms with Crippen molar-refractivity contribution in [2.24, 2.45) is 0 Å². The summed E-state index contributed by atoms with van der Waals surface area (Å²) >= 11 is 6.05. The molecule has 0 spiro atoms. The van der Waals surface area contributed by atoms with E-state index in [9.17, 15) is 24.8 Å². The lowest BCUT2D eigenvalue weighted by Gasteiger charge is -2.28. The number of anilines is 3. The van der Waals surface area contributed by atoms with Gasteiger partial charge in [0.25, 0.3) is 17.5 Å². The summed E-state index contributed by atoms with van der Waals surface area (Å²) in [6, 6.07) is 18.5. The van der Waals surface area contributed by atoms with E-state index in [1.54, 1.807) is 54.6 Å². The third-order valence-corrected chi connectivity index (χ3v) is 5.66. The minimum Gasteiger partial charge on any atom is -0.506 e. The lowest BCUT2D eigenvalue weighted by Crippen LogP contribution is -2.40. The number of hydrogen-bond acceptors (Lipinski definition) is 6. The number of carbonyl (C=O) groups excluding carboxylic acids is 2. The highest BCUT2D eigenvalue weighted by atomic mass is 35.5. The second-order valence-electron chi connectivity index (χ2n) is 7.37. The number of phenols is 1. The number of amides is 2. The summed E-state index contributed by atoms with van der Waals surface area (Å²) in [5, 5.41) is 26.3. The maximum Gasteiger partial charge on any atom is 0.294 e. The Hall–Kier alpha value is -4.43. The minimum atomic E-state index is -0.761. The summed E-state index contributed by atoms with van der Waals surface area (Å²) < 4.78 is 0. The number of hydrogen-bond donors (Lipinski definition) is 2. The van der Waals surface area contributed by atoms with Gasteiger partial charge >= 0.3 is 0 Å². The van der Waals surface area contributed by atoms with Gasteiger partial charge in [-0.2, -0.15) is 0 Å². The molecule has 162 valence electrons. The van der Waals surface area contributed by atoms with Crippen LogP contribution in [0.1, 0.15) is 20.7 Å². The fourth-order valence-corrected chi connectivity index (χ4v) is 4.20. The van der Waals surface area contributed by atoms with E-state index in [1.165, 1.54) is 12.1 Å². The first kappa shape index (κ1) is 20.5. The van der Waals surface area contributed by atoms with Crippen LogP contribution < -0.4 is 10.2 Å². The van der Waals surface area contributed by atoms with Crippen LogP contribution in [0, 0.1) is 10.1 Å². The smallest absolute Gasteiger partial charge is 0.294 e. The van der Waals surface area contributed by atoms with Gasteiger partial charge in [-0.25, -0.2) is 4.90 Å². The van der Waals surface area contributed by atoms with Crippen molar-refractivity contribution in [2.75, 3.05) is 10.2 Å². The molecule has 1 heterocycles. The summed E-state index contributed by atoms with van der Waals surface area (Å²) in [7, 11) is 0.